The van der Waals surface area contributed by atoms with Gasteiger partial charge in [-0.25, -0.2) is 0 Å². The SMILES string of the molecule is CC(CO)C(C)Nc1nc2cc([N+](=O)[O-])ccc2o1. The van der Waals surface area contributed by atoms with E-state index in [-0.39, 0.29) is 24.3 Å². The van der Waals surface area contributed by atoms with Crippen LogP contribution in [-0.4, -0.2) is 27.7 Å². The molecule has 0 aliphatic carbocycles. The summed E-state index contributed by atoms with van der Waals surface area (Å²) in [5.74, 6) is 0.0457. The summed E-state index contributed by atoms with van der Waals surface area (Å²) in [6.45, 7) is 3.85. The molecule has 2 rings (SSSR count). The maximum Gasteiger partial charge on any atom is 0.295 e. The van der Waals surface area contributed by atoms with E-state index in [9.17, 15) is 10.1 Å². The lowest BCUT2D eigenvalue weighted by Gasteiger charge is -2.17. The highest BCUT2D eigenvalue weighted by Crippen LogP contribution is 2.24. The molecule has 0 amide bonds. The van der Waals surface area contributed by atoms with Crippen molar-refractivity contribution < 1.29 is 14.4 Å². The summed E-state index contributed by atoms with van der Waals surface area (Å²) >= 11 is 0. The number of nitrogens with zero attached hydrogens (tertiary/aromatic N) is 2. The van der Waals surface area contributed by atoms with Gasteiger partial charge in [0.25, 0.3) is 11.7 Å². The Hall–Kier alpha value is -2.15. The minimum Gasteiger partial charge on any atom is -0.424 e. The van der Waals surface area contributed by atoms with Crippen LogP contribution in [0.3, 0.4) is 0 Å². The van der Waals surface area contributed by atoms with Crippen LogP contribution in [0.1, 0.15) is 13.8 Å². The Labute approximate surface area is 109 Å². The van der Waals surface area contributed by atoms with Gasteiger partial charge in [0, 0.05) is 24.8 Å². The normalized spacial score (nSPS) is 14.3. The van der Waals surface area contributed by atoms with Crippen LogP contribution in [0.2, 0.25) is 0 Å². The Morgan fingerprint density at radius 2 is 2.26 bits per heavy atom. The van der Waals surface area contributed by atoms with Gasteiger partial charge >= 0.3 is 0 Å². The number of oxazole rings is 1. The number of nitro groups is 1. The molecule has 0 saturated carbocycles. The minimum atomic E-state index is -0.475. The van der Waals surface area contributed by atoms with Gasteiger partial charge in [0.05, 0.1) is 4.92 Å². The second-order valence-electron chi connectivity index (χ2n) is 4.52. The van der Waals surface area contributed by atoms with Gasteiger partial charge in [-0.1, -0.05) is 6.92 Å². The van der Waals surface area contributed by atoms with Crippen molar-refractivity contribution in [3.63, 3.8) is 0 Å². The van der Waals surface area contributed by atoms with Gasteiger partial charge in [-0.3, -0.25) is 10.1 Å². The molecule has 102 valence electrons. The Kier molecular flexibility index (Phi) is 3.66. The standard InChI is InChI=1S/C12H15N3O4/c1-7(6-16)8(2)13-12-14-10-5-9(15(17)18)3-4-11(10)19-12/h3-5,7-8,16H,6H2,1-2H3,(H,13,14). The fourth-order valence-corrected chi connectivity index (χ4v) is 1.59. The number of nitro benzene ring substituents is 1. The molecule has 7 heteroatoms. The van der Waals surface area contributed by atoms with E-state index in [1.54, 1.807) is 0 Å². The summed E-state index contributed by atoms with van der Waals surface area (Å²) in [7, 11) is 0. The molecule has 0 aliphatic rings. The number of rotatable bonds is 5. The van der Waals surface area contributed by atoms with Crippen LogP contribution in [0.5, 0.6) is 0 Å². The highest BCUT2D eigenvalue weighted by Gasteiger charge is 2.15. The minimum absolute atomic E-state index is 0.0203. The van der Waals surface area contributed by atoms with E-state index < -0.39 is 4.92 Å². The molecule has 1 aromatic carbocycles. The van der Waals surface area contributed by atoms with Gasteiger partial charge in [0.15, 0.2) is 5.58 Å². The van der Waals surface area contributed by atoms with Crippen LogP contribution in [0.15, 0.2) is 22.6 Å². The molecule has 0 saturated heterocycles. The number of anilines is 1. The molecular formula is C12H15N3O4. The van der Waals surface area contributed by atoms with Crippen LogP contribution in [-0.2, 0) is 0 Å². The molecular weight excluding hydrogens is 250 g/mol. The van der Waals surface area contributed by atoms with Crippen LogP contribution in [0.25, 0.3) is 11.1 Å². The van der Waals surface area contributed by atoms with Gasteiger partial charge in [0.2, 0.25) is 0 Å². The molecule has 2 N–H and O–H groups in total. The first-order valence-electron chi connectivity index (χ1n) is 5.93. The summed E-state index contributed by atoms with van der Waals surface area (Å²) in [5.41, 5.74) is 0.890. The van der Waals surface area contributed by atoms with E-state index >= 15 is 0 Å². The number of aromatic nitrogens is 1. The lowest BCUT2D eigenvalue weighted by molar-refractivity contribution is -0.384. The zero-order valence-corrected chi connectivity index (χ0v) is 10.7. The van der Waals surface area contributed by atoms with Gasteiger partial charge in [0.1, 0.15) is 5.52 Å². The average Bonchev–Trinajstić information content (AvgIpc) is 2.78. The van der Waals surface area contributed by atoms with Gasteiger partial charge in [-0.05, 0) is 18.9 Å². The number of aliphatic hydroxyl groups is 1. The number of non-ortho nitro benzene ring substituents is 1. The van der Waals surface area contributed by atoms with Crippen molar-refractivity contribution in [2.75, 3.05) is 11.9 Å². The molecule has 0 aliphatic heterocycles. The van der Waals surface area contributed by atoms with E-state index in [0.29, 0.717) is 17.1 Å². The van der Waals surface area contributed by atoms with E-state index in [1.807, 2.05) is 13.8 Å². The van der Waals surface area contributed by atoms with E-state index in [4.69, 9.17) is 9.52 Å². The number of hydrogen-bond donors (Lipinski definition) is 2. The Bertz CT molecular complexity index is 596. The van der Waals surface area contributed by atoms with Gasteiger partial charge < -0.3 is 14.8 Å². The van der Waals surface area contributed by atoms with Gasteiger partial charge in [-0.2, -0.15) is 4.98 Å². The number of nitrogens with one attached hydrogen (secondary N) is 1. The molecule has 0 spiro atoms. The quantitative estimate of drug-likeness (QED) is 0.634. The molecule has 2 aromatic rings. The maximum absolute atomic E-state index is 10.7. The Balaban J connectivity index is 2.24. The first-order chi connectivity index (χ1) is 9.01. The molecule has 19 heavy (non-hydrogen) atoms. The fourth-order valence-electron chi connectivity index (χ4n) is 1.59. The average molecular weight is 265 g/mol. The molecule has 2 atom stereocenters. The zero-order valence-electron chi connectivity index (χ0n) is 10.7. The summed E-state index contributed by atoms with van der Waals surface area (Å²) in [6.07, 6.45) is 0. The number of hydrogen-bond acceptors (Lipinski definition) is 6. The molecule has 0 fully saturated rings. The molecule has 1 heterocycles. The zero-order chi connectivity index (χ0) is 14.0. The third kappa shape index (κ3) is 2.82. The fraction of sp³-hybridized carbons (Fsp3) is 0.417. The second-order valence-corrected chi connectivity index (χ2v) is 4.52. The van der Waals surface area contributed by atoms with Crippen LogP contribution < -0.4 is 5.32 Å². The third-order valence-electron chi connectivity index (χ3n) is 3.07. The first kappa shape index (κ1) is 13.3. The van der Waals surface area contributed by atoms with Crippen molar-refractivity contribution in [1.82, 2.24) is 4.98 Å². The predicted molar refractivity (Wildman–Crippen MR) is 70.0 cm³/mol. The van der Waals surface area contributed by atoms with E-state index in [2.05, 4.69) is 10.3 Å². The lowest BCUT2D eigenvalue weighted by Crippen LogP contribution is -2.26. The summed E-state index contributed by atoms with van der Waals surface area (Å²) in [5, 5.41) is 22.7. The monoisotopic (exact) mass is 265 g/mol. The van der Waals surface area contributed by atoms with Crippen molar-refractivity contribution in [1.29, 1.82) is 0 Å². The Morgan fingerprint density at radius 1 is 1.53 bits per heavy atom. The third-order valence-corrected chi connectivity index (χ3v) is 3.07. The van der Waals surface area contributed by atoms with Crippen LogP contribution >= 0.6 is 0 Å². The van der Waals surface area contributed by atoms with Gasteiger partial charge in [-0.15, -0.1) is 0 Å². The molecule has 0 bridgehead atoms. The van der Waals surface area contributed by atoms with Crippen molar-refractivity contribution in [2.24, 2.45) is 5.92 Å². The number of benzene rings is 1. The molecule has 1 aromatic heterocycles. The topological polar surface area (TPSA) is 101 Å². The molecule has 2 unspecified atom stereocenters. The highest BCUT2D eigenvalue weighted by atomic mass is 16.6. The smallest absolute Gasteiger partial charge is 0.295 e. The Morgan fingerprint density at radius 3 is 2.89 bits per heavy atom. The van der Waals surface area contributed by atoms with Crippen molar-refractivity contribution in [2.45, 2.75) is 19.9 Å². The van der Waals surface area contributed by atoms with E-state index in [1.165, 1.54) is 18.2 Å². The largest absolute Gasteiger partial charge is 0.424 e. The first-order valence-corrected chi connectivity index (χ1v) is 5.93. The van der Waals surface area contributed by atoms with Crippen molar-refractivity contribution >= 4 is 22.8 Å². The highest BCUT2D eigenvalue weighted by molar-refractivity contribution is 5.77. The van der Waals surface area contributed by atoms with Crippen LogP contribution in [0, 0.1) is 16.0 Å². The van der Waals surface area contributed by atoms with Crippen molar-refractivity contribution in [3.05, 3.63) is 28.3 Å². The summed E-state index contributed by atoms with van der Waals surface area (Å²) in [4.78, 5) is 14.3. The van der Waals surface area contributed by atoms with E-state index in [0.717, 1.165) is 0 Å². The molecule has 0 radical (unpaired) electrons. The molecule has 7 nitrogen and oxygen atoms in total. The maximum atomic E-state index is 10.7. The number of fused-ring (bicyclic) bond motifs is 1. The predicted octanol–water partition coefficient (Wildman–Crippen LogP) is 2.16. The second kappa shape index (κ2) is 5.23. The summed E-state index contributed by atoms with van der Waals surface area (Å²) in [6, 6.07) is 4.53. The number of aliphatic hydroxyl groups excluding tert-OH is 1. The van der Waals surface area contributed by atoms with Crippen LogP contribution in [0.4, 0.5) is 11.7 Å². The lowest BCUT2D eigenvalue weighted by atomic mass is 10.1. The summed E-state index contributed by atoms with van der Waals surface area (Å²) < 4.78 is 5.44. The van der Waals surface area contributed by atoms with Crippen molar-refractivity contribution in [3.8, 4) is 0 Å².